The third kappa shape index (κ3) is 4.65. The molecule has 0 aliphatic heterocycles. The van der Waals surface area contributed by atoms with Crippen molar-refractivity contribution in [2.45, 2.75) is 38.1 Å². The lowest BCUT2D eigenvalue weighted by Gasteiger charge is -2.18. The van der Waals surface area contributed by atoms with Crippen LogP contribution in [0.4, 0.5) is 0 Å². The van der Waals surface area contributed by atoms with Crippen LogP contribution in [0, 0.1) is 5.92 Å². The molecule has 150 valence electrons. The molecule has 1 amide bonds. The summed E-state index contributed by atoms with van der Waals surface area (Å²) in [6, 6.07) is 17.2. The Kier molecular flexibility index (Phi) is 5.89. The monoisotopic (exact) mass is 391 g/mol. The highest BCUT2D eigenvalue weighted by molar-refractivity contribution is 5.79. The normalized spacial score (nSPS) is 15.2. The Morgan fingerprint density at radius 3 is 2.72 bits per heavy atom. The van der Waals surface area contributed by atoms with E-state index < -0.39 is 0 Å². The van der Waals surface area contributed by atoms with E-state index in [0.717, 1.165) is 42.6 Å². The number of amides is 1. The summed E-state index contributed by atoms with van der Waals surface area (Å²) in [6.07, 6.45) is 4.72. The minimum Gasteiger partial charge on any atom is -0.497 e. The zero-order chi connectivity index (χ0) is 20.1. The van der Waals surface area contributed by atoms with Gasteiger partial charge in [-0.05, 0) is 30.5 Å². The van der Waals surface area contributed by atoms with E-state index in [2.05, 4.69) is 15.5 Å². The van der Waals surface area contributed by atoms with E-state index in [1.807, 2.05) is 54.6 Å². The molecule has 1 aliphatic carbocycles. The maximum Gasteiger partial charge on any atom is 0.249 e. The molecule has 1 heterocycles. The van der Waals surface area contributed by atoms with Crippen molar-refractivity contribution in [3.8, 4) is 17.1 Å². The van der Waals surface area contributed by atoms with Gasteiger partial charge < -0.3 is 14.6 Å². The van der Waals surface area contributed by atoms with Crippen molar-refractivity contribution in [1.29, 1.82) is 0 Å². The minimum absolute atomic E-state index is 0.0737. The minimum atomic E-state index is -0.364. The molecule has 1 saturated carbocycles. The highest BCUT2D eigenvalue weighted by atomic mass is 16.5. The SMILES string of the molecule is COc1cccc(-c2noc(C(Cc3ccccc3)NC(=O)C3CCCC3)n2)c1. The number of benzene rings is 2. The second-order valence-electron chi connectivity index (χ2n) is 7.42. The summed E-state index contributed by atoms with van der Waals surface area (Å²) in [6.45, 7) is 0. The molecule has 3 aromatic rings. The summed E-state index contributed by atoms with van der Waals surface area (Å²) >= 11 is 0. The van der Waals surface area contributed by atoms with Gasteiger partial charge in [0.15, 0.2) is 0 Å². The molecule has 6 heteroatoms. The van der Waals surface area contributed by atoms with Crippen LogP contribution in [0.5, 0.6) is 5.75 Å². The highest BCUT2D eigenvalue weighted by Gasteiger charge is 2.28. The quantitative estimate of drug-likeness (QED) is 0.648. The molecule has 1 aromatic heterocycles. The van der Waals surface area contributed by atoms with Gasteiger partial charge in [0, 0.05) is 17.9 Å². The third-order valence-electron chi connectivity index (χ3n) is 5.39. The molecular formula is C23H25N3O3. The molecule has 29 heavy (non-hydrogen) atoms. The molecular weight excluding hydrogens is 366 g/mol. The Labute approximate surface area is 170 Å². The molecule has 0 bridgehead atoms. The number of aromatic nitrogens is 2. The van der Waals surface area contributed by atoms with Gasteiger partial charge in [-0.1, -0.05) is 60.5 Å². The summed E-state index contributed by atoms with van der Waals surface area (Å²) in [5, 5.41) is 7.29. The number of methoxy groups -OCH3 is 1. The molecule has 0 radical (unpaired) electrons. The third-order valence-corrected chi connectivity index (χ3v) is 5.39. The van der Waals surface area contributed by atoms with Crippen LogP contribution in [0.25, 0.3) is 11.4 Å². The summed E-state index contributed by atoms with van der Waals surface area (Å²) < 4.78 is 10.8. The number of carbonyl (C=O) groups excluding carboxylic acids is 1. The van der Waals surface area contributed by atoms with Gasteiger partial charge >= 0.3 is 0 Å². The number of nitrogens with zero attached hydrogens (tertiary/aromatic N) is 2. The van der Waals surface area contributed by atoms with Gasteiger partial charge in [0.2, 0.25) is 17.6 Å². The van der Waals surface area contributed by atoms with E-state index in [4.69, 9.17) is 9.26 Å². The van der Waals surface area contributed by atoms with E-state index >= 15 is 0 Å². The molecule has 0 spiro atoms. The predicted molar refractivity (Wildman–Crippen MR) is 109 cm³/mol. The van der Waals surface area contributed by atoms with Crippen LogP contribution >= 0.6 is 0 Å². The Morgan fingerprint density at radius 2 is 1.97 bits per heavy atom. The molecule has 4 rings (SSSR count). The smallest absolute Gasteiger partial charge is 0.249 e. The average molecular weight is 391 g/mol. The molecule has 1 unspecified atom stereocenters. The van der Waals surface area contributed by atoms with Crippen LogP contribution in [0.2, 0.25) is 0 Å². The topological polar surface area (TPSA) is 77.3 Å². The van der Waals surface area contributed by atoms with Gasteiger partial charge in [-0.25, -0.2) is 0 Å². The van der Waals surface area contributed by atoms with Crippen molar-refractivity contribution in [3.05, 3.63) is 66.1 Å². The Hall–Kier alpha value is -3.15. The largest absolute Gasteiger partial charge is 0.497 e. The van der Waals surface area contributed by atoms with Crippen molar-refractivity contribution >= 4 is 5.91 Å². The van der Waals surface area contributed by atoms with Crippen molar-refractivity contribution in [2.75, 3.05) is 7.11 Å². The number of hydrogen-bond donors (Lipinski definition) is 1. The molecule has 2 aromatic carbocycles. The fraction of sp³-hybridized carbons (Fsp3) is 0.348. The van der Waals surface area contributed by atoms with Gasteiger partial charge in [0.1, 0.15) is 11.8 Å². The number of ether oxygens (including phenoxy) is 1. The van der Waals surface area contributed by atoms with Crippen LogP contribution in [0.15, 0.2) is 59.1 Å². The fourth-order valence-electron chi connectivity index (χ4n) is 3.78. The van der Waals surface area contributed by atoms with Crippen LogP contribution in [-0.4, -0.2) is 23.2 Å². The van der Waals surface area contributed by atoms with Crippen molar-refractivity contribution < 1.29 is 14.1 Å². The van der Waals surface area contributed by atoms with Gasteiger partial charge in [0.05, 0.1) is 7.11 Å². The molecule has 6 nitrogen and oxygen atoms in total. The van der Waals surface area contributed by atoms with Gasteiger partial charge in [0.25, 0.3) is 0 Å². The zero-order valence-corrected chi connectivity index (χ0v) is 16.5. The predicted octanol–water partition coefficient (Wildman–Crippen LogP) is 4.34. The highest BCUT2D eigenvalue weighted by Crippen LogP contribution is 2.28. The standard InChI is InChI=1S/C23H25N3O3/c1-28-19-13-7-12-18(15-19)21-25-23(29-26-21)20(14-16-8-3-2-4-9-16)24-22(27)17-10-5-6-11-17/h2-4,7-9,12-13,15,17,20H,5-6,10-11,14H2,1H3,(H,24,27). The number of nitrogens with one attached hydrogen (secondary N) is 1. The van der Waals surface area contributed by atoms with Crippen molar-refractivity contribution in [2.24, 2.45) is 5.92 Å². The second-order valence-corrected chi connectivity index (χ2v) is 7.42. The lowest BCUT2D eigenvalue weighted by atomic mass is 10.0. The molecule has 1 atom stereocenters. The van der Waals surface area contributed by atoms with Crippen LogP contribution in [0.3, 0.4) is 0 Å². The average Bonchev–Trinajstić information content (AvgIpc) is 3.46. The lowest BCUT2D eigenvalue weighted by molar-refractivity contribution is -0.125. The molecule has 0 saturated heterocycles. The van der Waals surface area contributed by atoms with E-state index in [0.29, 0.717) is 18.1 Å². The first-order valence-electron chi connectivity index (χ1n) is 10.1. The lowest BCUT2D eigenvalue weighted by Crippen LogP contribution is -2.34. The summed E-state index contributed by atoms with van der Waals surface area (Å²) in [5.41, 5.74) is 1.91. The van der Waals surface area contributed by atoms with Crippen LogP contribution in [0.1, 0.15) is 43.2 Å². The zero-order valence-electron chi connectivity index (χ0n) is 16.5. The summed E-state index contributed by atoms with van der Waals surface area (Å²) in [5.74, 6) is 1.77. The van der Waals surface area contributed by atoms with Crippen LogP contribution in [-0.2, 0) is 11.2 Å². The second kappa shape index (κ2) is 8.90. The summed E-state index contributed by atoms with van der Waals surface area (Å²) in [7, 11) is 1.62. The first-order chi connectivity index (χ1) is 14.2. The maximum absolute atomic E-state index is 12.8. The van der Waals surface area contributed by atoms with Gasteiger partial charge in [-0.15, -0.1) is 0 Å². The molecule has 1 N–H and O–H groups in total. The van der Waals surface area contributed by atoms with E-state index in [1.165, 1.54) is 0 Å². The molecule has 1 aliphatic rings. The summed E-state index contributed by atoms with van der Waals surface area (Å²) in [4.78, 5) is 17.3. The van der Waals surface area contributed by atoms with Crippen LogP contribution < -0.4 is 10.1 Å². The maximum atomic E-state index is 12.8. The van der Waals surface area contributed by atoms with Gasteiger partial charge in [-0.3, -0.25) is 4.79 Å². The first-order valence-corrected chi connectivity index (χ1v) is 10.1. The molecule has 1 fully saturated rings. The van der Waals surface area contributed by atoms with E-state index in [9.17, 15) is 4.79 Å². The Morgan fingerprint density at radius 1 is 1.17 bits per heavy atom. The van der Waals surface area contributed by atoms with E-state index in [1.54, 1.807) is 7.11 Å². The Bertz CT molecular complexity index is 949. The number of hydrogen-bond acceptors (Lipinski definition) is 5. The fourth-order valence-corrected chi connectivity index (χ4v) is 3.78. The van der Waals surface area contributed by atoms with E-state index in [-0.39, 0.29) is 17.9 Å². The Balaban J connectivity index is 1.58. The van der Waals surface area contributed by atoms with Crippen molar-refractivity contribution in [3.63, 3.8) is 0 Å². The number of carbonyl (C=O) groups is 1. The van der Waals surface area contributed by atoms with Gasteiger partial charge in [-0.2, -0.15) is 4.98 Å². The first kappa shape index (κ1) is 19.2. The number of rotatable bonds is 7. The van der Waals surface area contributed by atoms with Crippen molar-refractivity contribution in [1.82, 2.24) is 15.5 Å².